The van der Waals surface area contributed by atoms with Gasteiger partial charge in [-0.2, -0.15) is 0 Å². The lowest BCUT2D eigenvalue weighted by molar-refractivity contribution is 0.337. The van der Waals surface area contributed by atoms with Gasteiger partial charge in [0.1, 0.15) is 17.1 Å². The van der Waals surface area contributed by atoms with Crippen LogP contribution in [0.15, 0.2) is 27.4 Å². The minimum Gasteiger partial charge on any atom is -0.507 e. The van der Waals surface area contributed by atoms with Crippen LogP contribution in [-0.2, 0) is 0 Å². The van der Waals surface area contributed by atoms with Gasteiger partial charge in [0.05, 0.1) is 18.1 Å². The highest BCUT2D eigenvalue weighted by Gasteiger charge is 2.10. The van der Waals surface area contributed by atoms with E-state index in [0.29, 0.717) is 28.9 Å². The summed E-state index contributed by atoms with van der Waals surface area (Å²) in [6.07, 6.45) is 0. The van der Waals surface area contributed by atoms with Crippen LogP contribution in [0.3, 0.4) is 0 Å². The van der Waals surface area contributed by atoms with Crippen molar-refractivity contribution >= 4 is 11.0 Å². The van der Waals surface area contributed by atoms with Gasteiger partial charge in [-0.1, -0.05) is 0 Å². The second-order valence-electron chi connectivity index (χ2n) is 3.45. The number of hydrogen-bond acceptors (Lipinski definition) is 4. The fourth-order valence-corrected chi connectivity index (χ4v) is 1.64. The van der Waals surface area contributed by atoms with Gasteiger partial charge in [0.15, 0.2) is 0 Å². The standard InChI is InChI=1S/C12H12O4/c1-3-15-10-5-4-8-9(13)6-11(14)16-12(8)7(10)2/h4-6,13H,3H2,1-2H3. The van der Waals surface area contributed by atoms with Crippen molar-refractivity contribution in [1.82, 2.24) is 0 Å². The molecule has 1 heterocycles. The SMILES string of the molecule is CCOc1ccc2c(O)cc(=O)oc2c1C. The van der Waals surface area contributed by atoms with E-state index in [1.807, 2.05) is 6.92 Å². The third kappa shape index (κ3) is 1.62. The Hall–Kier alpha value is -1.97. The second kappa shape index (κ2) is 3.89. The maximum absolute atomic E-state index is 11.2. The molecule has 1 aromatic heterocycles. The maximum Gasteiger partial charge on any atom is 0.339 e. The molecule has 84 valence electrons. The molecule has 0 unspecified atom stereocenters. The van der Waals surface area contributed by atoms with Gasteiger partial charge in [0.25, 0.3) is 0 Å². The van der Waals surface area contributed by atoms with Crippen LogP contribution in [0.4, 0.5) is 0 Å². The molecule has 0 fully saturated rings. The number of ether oxygens (including phenoxy) is 1. The van der Waals surface area contributed by atoms with E-state index in [0.717, 1.165) is 6.07 Å². The average molecular weight is 220 g/mol. The van der Waals surface area contributed by atoms with E-state index in [9.17, 15) is 9.90 Å². The van der Waals surface area contributed by atoms with Crippen molar-refractivity contribution in [2.45, 2.75) is 13.8 Å². The Bertz CT molecular complexity index is 583. The summed E-state index contributed by atoms with van der Waals surface area (Å²) < 4.78 is 10.4. The van der Waals surface area contributed by atoms with Crippen LogP contribution in [0.5, 0.6) is 11.5 Å². The average Bonchev–Trinajstić information content (AvgIpc) is 2.23. The fraction of sp³-hybridized carbons (Fsp3) is 0.250. The predicted octanol–water partition coefficient (Wildman–Crippen LogP) is 2.21. The van der Waals surface area contributed by atoms with E-state index in [1.54, 1.807) is 19.1 Å². The fourth-order valence-electron chi connectivity index (χ4n) is 1.64. The summed E-state index contributed by atoms with van der Waals surface area (Å²) in [6, 6.07) is 4.48. The molecule has 16 heavy (non-hydrogen) atoms. The highest BCUT2D eigenvalue weighted by molar-refractivity contribution is 5.86. The second-order valence-corrected chi connectivity index (χ2v) is 3.45. The molecular formula is C12H12O4. The summed E-state index contributed by atoms with van der Waals surface area (Å²) >= 11 is 0. The van der Waals surface area contributed by atoms with Crippen molar-refractivity contribution in [1.29, 1.82) is 0 Å². The van der Waals surface area contributed by atoms with Crippen LogP contribution < -0.4 is 10.4 Å². The summed E-state index contributed by atoms with van der Waals surface area (Å²) in [5, 5.41) is 10.1. The van der Waals surface area contributed by atoms with Crippen molar-refractivity contribution in [3.05, 3.63) is 34.2 Å². The Kier molecular flexibility index (Phi) is 2.56. The van der Waals surface area contributed by atoms with Gasteiger partial charge in [0.2, 0.25) is 0 Å². The molecule has 2 rings (SSSR count). The molecule has 0 aliphatic heterocycles. The normalized spacial score (nSPS) is 10.6. The van der Waals surface area contributed by atoms with Gasteiger partial charge >= 0.3 is 5.63 Å². The Morgan fingerprint density at radius 1 is 1.44 bits per heavy atom. The molecule has 0 saturated heterocycles. The zero-order valence-corrected chi connectivity index (χ0v) is 9.11. The van der Waals surface area contributed by atoms with E-state index in [2.05, 4.69) is 0 Å². The van der Waals surface area contributed by atoms with Gasteiger partial charge in [-0.3, -0.25) is 0 Å². The molecule has 1 N–H and O–H groups in total. The number of rotatable bonds is 2. The molecule has 0 atom stereocenters. The summed E-state index contributed by atoms with van der Waals surface area (Å²) in [6.45, 7) is 4.20. The molecular weight excluding hydrogens is 208 g/mol. The van der Waals surface area contributed by atoms with Crippen molar-refractivity contribution in [2.24, 2.45) is 0 Å². The maximum atomic E-state index is 11.2. The number of hydrogen-bond donors (Lipinski definition) is 1. The Morgan fingerprint density at radius 2 is 2.19 bits per heavy atom. The van der Waals surface area contributed by atoms with E-state index in [4.69, 9.17) is 9.15 Å². The topological polar surface area (TPSA) is 59.7 Å². The highest BCUT2D eigenvalue weighted by atomic mass is 16.5. The van der Waals surface area contributed by atoms with Gasteiger partial charge in [0, 0.05) is 5.56 Å². The molecule has 0 aliphatic carbocycles. The summed E-state index contributed by atoms with van der Waals surface area (Å²) in [5.41, 5.74) is 0.519. The largest absolute Gasteiger partial charge is 0.507 e. The minimum atomic E-state index is -0.568. The highest BCUT2D eigenvalue weighted by Crippen LogP contribution is 2.30. The molecule has 4 nitrogen and oxygen atoms in total. The van der Waals surface area contributed by atoms with Gasteiger partial charge in [-0.25, -0.2) is 4.79 Å². The van der Waals surface area contributed by atoms with Gasteiger partial charge in [-0.05, 0) is 26.0 Å². The number of benzene rings is 1. The number of aromatic hydroxyl groups is 1. The number of fused-ring (bicyclic) bond motifs is 1. The first-order valence-electron chi connectivity index (χ1n) is 5.02. The molecule has 0 aliphatic rings. The van der Waals surface area contributed by atoms with Crippen LogP contribution in [0.2, 0.25) is 0 Å². The monoisotopic (exact) mass is 220 g/mol. The van der Waals surface area contributed by atoms with Crippen LogP contribution in [0, 0.1) is 6.92 Å². The van der Waals surface area contributed by atoms with Crippen LogP contribution >= 0.6 is 0 Å². The van der Waals surface area contributed by atoms with Gasteiger partial charge < -0.3 is 14.3 Å². The van der Waals surface area contributed by atoms with Crippen molar-refractivity contribution in [3.63, 3.8) is 0 Å². The summed E-state index contributed by atoms with van der Waals surface area (Å²) in [4.78, 5) is 11.2. The van der Waals surface area contributed by atoms with Crippen molar-refractivity contribution in [3.8, 4) is 11.5 Å². The Balaban J connectivity index is 2.78. The third-order valence-electron chi connectivity index (χ3n) is 2.39. The summed E-state index contributed by atoms with van der Waals surface area (Å²) in [7, 11) is 0. The van der Waals surface area contributed by atoms with Crippen molar-refractivity contribution < 1.29 is 14.3 Å². The van der Waals surface area contributed by atoms with E-state index < -0.39 is 5.63 Å². The number of aryl methyl sites for hydroxylation is 1. The molecule has 1 aromatic carbocycles. The van der Waals surface area contributed by atoms with Crippen LogP contribution in [0.25, 0.3) is 11.0 Å². The van der Waals surface area contributed by atoms with E-state index in [-0.39, 0.29) is 5.75 Å². The van der Waals surface area contributed by atoms with Crippen molar-refractivity contribution in [2.75, 3.05) is 6.61 Å². The first-order valence-corrected chi connectivity index (χ1v) is 5.02. The Morgan fingerprint density at radius 3 is 2.88 bits per heavy atom. The smallest absolute Gasteiger partial charge is 0.339 e. The molecule has 2 aromatic rings. The van der Waals surface area contributed by atoms with E-state index >= 15 is 0 Å². The lowest BCUT2D eigenvalue weighted by Crippen LogP contribution is -1.99. The van der Waals surface area contributed by atoms with Crippen LogP contribution in [-0.4, -0.2) is 11.7 Å². The third-order valence-corrected chi connectivity index (χ3v) is 2.39. The molecule has 0 amide bonds. The molecule has 4 heteroatoms. The molecule has 0 saturated carbocycles. The predicted molar refractivity (Wildman–Crippen MR) is 60.1 cm³/mol. The quantitative estimate of drug-likeness (QED) is 0.788. The first-order chi connectivity index (χ1) is 7.63. The lowest BCUT2D eigenvalue weighted by atomic mass is 10.1. The first kappa shape index (κ1) is 10.5. The Labute approximate surface area is 92.1 Å². The minimum absolute atomic E-state index is 0.0719. The molecule has 0 radical (unpaired) electrons. The molecule has 0 bridgehead atoms. The van der Waals surface area contributed by atoms with E-state index in [1.165, 1.54) is 0 Å². The summed E-state index contributed by atoms with van der Waals surface area (Å²) in [5.74, 6) is 0.584. The zero-order valence-electron chi connectivity index (χ0n) is 9.11. The lowest BCUT2D eigenvalue weighted by Gasteiger charge is -2.08. The zero-order chi connectivity index (χ0) is 11.7. The van der Waals surface area contributed by atoms with Gasteiger partial charge in [-0.15, -0.1) is 0 Å². The molecule has 0 spiro atoms. The van der Waals surface area contributed by atoms with Crippen LogP contribution in [0.1, 0.15) is 12.5 Å².